The molecule has 0 atom stereocenters. The maximum atomic E-state index is 8.76. The van der Waals surface area contributed by atoms with Crippen LogP contribution in [0.2, 0.25) is 0 Å². The van der Waals surface area contributed by atoms with Crippen molar-refractivity contribution in [3.63, 3.8) is 0 Å². The number of aryl methyl sites for hydroxylation is 2. The first kappa shape index (κ1) is 30.6. The van der Waals surface area contributed by atoms with Gasteiger partial charge in [0.15, 0.2) is 0 Å². The molecule has 0 aliphatic rings. The van der Waals surface area contributed by atoms with Crippen LogP contribution in [0.25, 0.3) is 0 Å². The smallest absolute Gasteiger partial charge is 0.508 e. The van der Waals surface area contributed by atoms with E-state index in [0.29, 0.717) is 23.3 Å². The number of hydrogen-bond acceptors (Lipinski definition) is 2. The molecule has 4 rings (SSSR count). The Morgan fingerprint density at radius 3 is 0.909 bits per heavy atom. The first-order valence-corrected chi connectivity index (χ1v) is 11.1. The van der Waals surface area contributed by atoms with Crippen molar-refractivity contribution in [2.45, 2.75) is 53.4 Å². The minimum absolute atomic E-state index is 0. The molecule has 33 heavy (non-hydrogen) atoms. The van der Waals surface area contributed by atoms with E-state index in [1.165, 1.54) is 22.3 Å². The Morgan fingerprint density at radius 1 is 0.515 bits per heavy atom. The van der Waals surface area contributed by atoms with Crippen LogP contribution >= 0.6 is 0 Å². The van der Waals surface area contributed by atoms with Gasteiger partial charge >= 0.3 is 26.2 Å². The van der Waals surface area contributed by atoms with Crippen molar-refractivity contribution in [3.8, 4) is 11.5 Å². The molecular weight excluding hydrogens is 484 g/mol. The molecule has 4 aromatic carbocycles. The first-order valence-electron chi connectivity index (χ1n) is 11.1. The molecule has 0 saturated carbocycles. The second-order valence-electron chi connectivity index (χ2n) is 8.42. The molecule has 3 heteroatoms. The van der Waals surface area contributed by atoms with Gasteiger partial charge in [-0.3, -0.25) is 0 Å². The molecule has 0 aliphatic heterocycles. The maximum Gasteiger partial charge on any atom is 2.00 e. The summed E-state index contributed by atoms with van der Waals surface area (Å²) in [7, 11) is 0. The Hall–Kier alpha value is -2.38. The predicted octanol–water partition coefficient (Wildman–Crippen LogP) is 8.46. The Morgan fingerprint density at radius 2 is 0.758 bits per heavy atom. The van der Waals surface area contributed by atoms with Gasteiger partial charge in [0.25, 0.3) is 0 Å². The number of benzene rings is 2. The van der Waals surface area contributed by atoms with E-state index in [9.17, 15) is 0 Å². The fourth-order valence-electron chi connectivity index (χ4n) is 2.64. The van der Waals surface area contributed by atoms with E-state index in [1.54, 1.807) is 24.3 Å². The summed E-state index contributed by atoms with van der Waals surface area (Å²) in [4.78, 5) is 0. The van der Waals surface area contributed by atoms with Gasteiger partial charge in [0.2, 0.25) is 0 Å². The average Bonchev–Trinajstić information content (AvgIpc) is 3.48. The zero-order chi connectivity index (χ0) is 23.9. The van der Waals surface area contributed by atoms with Gasteiger partial charge in [0, 0.05) is 0 Å². The summed E-state index contributed by atoms with van der Waals surface area (Å²) < 4.78 is 0. The van der Waals surface area contributed by atoms with Crippen LogP contribution in [0, 0.1) is 13.8 Å². The largest absolute Gasteiger partial charge is 2.00 e. The van der Waals surface area contributed by atoms with E-state index >= 15 is 0 Å². The van der Waals surface area contributed by atoms with Crippen molar-refractivity contribution in [2.75, 3.05) is 0 Å². The van der Waals surface area contributed by atoms with Crippen LogP contribution in [0.15, 0.2) is 97.1 Å². The van der Waals surface area contributed by atoms with Crippen molar-refractivity contribution in [1.29, 1.82) is 0 Å². The average molecular weight is 522 g/mol. The Balaban J connectivity index is 0.000000410. The van der Waals surface area contributed by atoms with Gasteiger partial charge in [-0.05, 0) is 38.1 Å². The summed E-state index contributed by atoms with van der Waals surface area (Å²) in [5, 5.41) is 17.5. The molecule has 0 spiro atoms. The van der Waals surface area contributed by atoms with E-state index in [0.717, 1.165) is 0 Å². The van der Waals surface area contributed by atoms with Gasteiger partial charge in [-0.25, -0.2) is 24.3 Å². The summed E-state index contributed by atoms with van der Waals surface area (Å²) in [6, 6.07) is 31.1. The summed E-state index contributed by atoms with van der Waals surface area (Å²) in [5.41, 5.74) is 5.21. The van der Waals surface area contributed by atoms with E-state index in [4.69, 9.17) is 10.2 Å². The molecule has 0 bridgehead atoms. The van der Waals surface area contributed by atoms with E-state index in [-0.39, 0.29) is 26.2 Å². The van der Waals surface area contributed by atoms with Crippen LogP contribution in [0.5, 0.6) is 11.5 Å². The molecule has 4 aromatic rings. The van der Waals surface area contributed by atoms with Gasteiger partial charge in [0.05, 0.1) is 0 Å². The third kappa shape index (κ3) is 14.4. The number of aromatic hydroxyl groups is 2. The van der Waals surface area contributed by atoms with Crippen LogP contribution in [0.4, 0.5) is 0 Å². The first-order chi connectivity index (χ1) is 15.2. The molecule has 0 aromatic heterocycles. The zero-order valence-electron chi connectivity index (χ0n) is 20.8. The van der Waals surface area contributed by atoms with Crippen LogP contribution in [-0.2, 0) is 26.2 Å². The molecule has 0 aliphatic carbocycles. The second-order valence-corrected chi connectivity index (χ2v) is 8.42. The predicted molar refractivity (Wildman–Crippen MR) is 138 cm³/mol. The summed E-state index contributed by atoms with van der Waals surface area (Å²) in [5.74, 6) is 2.03. The molecule has 0 radical (unpaired) electrons. The Bertz CT molecular complexity index is 810. The van der Waals surface area contributed by atoms with E-state index in [1.807, 2.05) is 38.1 Å². The molecule has 0 fully saturated rings. The van der Waals surface area contributed by atoms with Crippen LogP contribution in [0.1, 0.15) is 61.8 Å². The molecule has 2 N–H and O–H groups in total. The summed E-state index contributed by atoms with van der Waals surface area (Å²) in [6.07, 6.45) is 0. The van der Waals surface area contributed by atoms with Crippen molar-refractivity contribution in [2.24, 2.45) is 0 Å². The van der Waals surface area contributed by atoms with Gasteiger partial charge in [-0.2, -0.15) is 35.4 Å². The molecule has 2 nitrogen and oxygen atoms in total. The molecular formula is C30H38O2Zr. The minimum atomic E-state index is 0. The Kier molecular flexibility index (Phi) is 15.9. The molecule has 0 amide bonds. The Labute approximate surface area is 219 Å². The van der Waals surface area contributed by atoms with E-state index in [2.05, 4.69) is 76.2 Å². The van der Waals surface area contributed by atoms with Crippen molar-refractivity contribution in [1.82, 2.24) is 0 Å². The summed E-state index contributed by atoms with van der Waals surface area (Å²) in [6.45, 7) is 12.8. The number of phenols is 2. The van der Waals surface area contributed by atoms with Crippen LogP contribution < -0.4 is 0 Å². The number of phenolic OH excluding ortho intramolecular Hbond substituents is 2. The molecule has 0 saturated heterocycles. The number of rotatable bonds is 2. The normalized spacial score (nSPS) is 9.45. The third-order valence-electron chi connectivity index (χ3n) is 4.78. The maximum absolute atomic E-state index is 8.76. The zero-order valence-corrected chi connectivity index (χ0v) is 23.2. The third-order valence-corrected chi connectivity index (χ3v) is 4.78. The van der Waals surface area contributed by atoms with Gasteiger partial charge in [0.1, 0.15) is 11.5 Å². The topological polar surface area (TPSA) is 40.5 Å². The van der Waals surface area contributed by atoms with Crippen LogP contribution in [0.3, 0.4) is 0 Å². The standard InChI is InChI=1S/2C8H11.2C7H8O.Zr/c2*1-7(2)8-5-3-4-6-8;2*1-6-2-4-7(8)5-3-6;/h2*3-7H,1-2H3;2*2-5,8H,1H3;/q2*-1;;;+2. The van der Waals surface area contributed by atoms with E-state index < -0.39 is 0 Å². The van der Waals surface area contributed by atoms with Gasteiger partial charge < -0.3 is 10.2 Å². The fourth-order valence-corrected chi connectivity index (χ4v) is 2.64. The summed E-state index contributed by atoms with van der Waals surface area (Å²) >= 11 is 0. The monoisotopic (exact) mass is 520 g/mol. The van der Waals surface area contributed by atoms with Gasteiger partial charge in [-0.1, -0.05) is 74.9 Å². The SMILES string of the molecule is CC(C)[c-]1cccc1.CC(C)[c-]1cccc1.Cc1ccc(O)cc1.Cc1ccc(O)cc1.[Zr+2]. The van der Waals surface area contributed by atoms with Crippen molar-refractivity contribution < 1.29 is 36.4 Å². The van der Waals surface area contributed by atoms with Crippen LogP contribution in [-0.4, -0.2) is 10.2 Å². The van der Waals surface area contributed by atoms with Crippen molar-refractivity contribution in [3.05, 3.63) is 119 Å². The molecule has 0 heterocycles. The fraction of sp³-hybridized carbons (Fsp3) is 0.267. The van der Waals surface area contributed by atoms with Gasteiger partial charge in [-0.15, -0.1) is 0 Å². The van der Waals surface area contributed by atoms with Crippen molar-refractivity contribution >= 4 is 0 Å². The number of hydrogen-bond donors (Lipinski definition) is 2. The molecule has 174 valence electrons. The molecule has 0 unspecified atom stereocenters. The minimum Gasteiger partial charge on any atom is -0.508 e. The quantitative estimate of drug-likeness (QED) is 0.260. The second kappa shape index (κ2) is 17.1.